The van der Waals surface area contributed by atoms with Crippen LogP contribution in [0.15, 0.2) is 29.3 Å². The van der Waals surface area contributed by atoms with E-state index in [2.05, 4.69) is 25.4 Å². The van der Waals surface area contributed by atoms with E-state index < -0.39 is 0 Å². The molecule has 14 heteroatoms. The van der Waals surface area contributed by atoms with Crippen LogP contribution in [0.1, 0.15) is 0 Å². The number of morpholine rings is 2. The van der Waals surface area contributed by atoms with Crippen LogP contribution < -0.4 is 20.1 Å². The Labute approximate surface area is 244 Å². The molecule has 2 aromatic heterocycles. The van der Waals surface area contributed by atoms with Gasteiger partial charge in [0.2, 0.25) is 11.9 Å². The third-order valence-electron chi connectivity index (χ3n) is 7.01. The van der Waals surface area contributed by atoms with E-state index in [1.165, 1.54) is 0 Å². The molecule has 2 fully saturated rings. The Bertz CT molecular complexity index is 1220. The van der Waals surface area contributed by atoms with Crippen LogP contribution in [-0.4, -0.2) is 134 Å². The fourth-order valence-corrected chi connectivity index (χ4v) is 5.23. The van der Waals surface area contributed by atoms with Gasteiger partial charge in [-0.2, -0.15) is 24.7 Å². The Morgan fingerprint density at radius 3 is 1.93 bits per heavy atom. The summed E-state index contributed by atoms with van der Waals surface area (Å²) in [5.41, 5.74) is 1.68. The number of nitrogens with one attached hydrogen (secondary N) is 2. The van der Waals surface area contributed by atoms with Gasteiger partial charge in [0.15, 0.2) is 11.5 Å². The largest absolute Gasteiger partial charge is 0.493 e. The molecule has 0 atom stereocenters. The van der Waals surface area contributed by atoms with Crippen LogP contribution in [0.25, 0.3) is 17.2 Å². The lowest BCUT2D eigenvalue weighted by molar-refractivity contribution is 0.0398. The molecule has 0 spiro atoms. The van der Waals surface area contributed by atoms with Gasteiger partial charge in [0, 0.05) is 57.9 Å². The maximum Gasteiger partial charge on any atom is 0.258 e. The smallest absolute Gasteiger partial charge is 0.258 e. The van der Waals surface area contributed by atoms with E-state index in [1.54, 1.807) is 30.7 Å². The molecule has 0 saturated carbocycles. The van der Waals surface area contributed by atoms with Gasteiger partial charge in [-0.25, -0.2) is 0 Å². The Morgan fingerprint density at radius 1 is 0.805 bits per heavy atom. The highest BCUT2D eigenvalue weighted by molar-refractivity contribution is 7.98. The second-order valence-electron chi connectivity index (χ2n) is 9.60. The van der Waals surface area contributed by atoms with Crippen LogP contribution in [-0.2, 0) is 9.47 Å². The molecule has 3 aromatic rings. The molecule has 2 saturated heterocycles. The minimum absolute atomic E-state index is 0.443. The fraction of sp³-hybridized carbons (Fsp3) is 0.556. The van der Waals surface area contributed by atoms with E-state index >= 15 is 0 Å². The van der Waals surface area contributed by atoms with Gasteiger partial charge in [-0.3, -0.25) is 9.80 Å². The van der Waals surface area contributed by atoms with Crippen molar-refractivity contribution in [1.82, 2.24) is 34.5 Å². The lowest BCUT2D eigenvalue weighted by atomic mass is 10.1. The van der Waals surface area contributed by atoms with Gasteiger partial charge < -0.3 is 29.6 Å². The minimum Gasteiger partial charge on any atom is -0.493 e. The highest BCUT2D eigenvalue weighted by atomic mass is 32.2. The summed E-state index contributed by atoms with van der Waals surface area (Å²) in [5, 5.41) is 12.6. The third kappa shape index (κ3) is 7.77. The molecule has 0 radical (unpaired) electrons. The van der Waals surface area contributed by atoms with Crippen molar-refractivity contribution in [2.24, 2.45) is 0 Å². The van der Waals surface area contributed by atoms with Gasteiger partial charge in [-0.05, 0) is 30.5 Å². The lowest BCUT2D eigenvalue weighted by Crippen LogP contribution is -2.39. The Balaban J connectivity index is 1.38. The van der Waals surface area contributed by atoms with Crippen molar-refractivity contribution in [1.29, 1.82) is 0 Å². The maximum absolute atomic E-state index is 5.51. The number of methoxy groups -OCH3 is 2. The van der Waals surface area contributed by atoms with Crippen molar-refractivity contribution >= 4 is 23.7 Å². The van der Waals surface area contributed by atoms with Crippen molar-refractivity contribution in [2.45, 2.75) is 5.03 Å². The number of nitrogens with zero attached hydrogens (tertiary/aromatic N) is 7. The second-order valence-corrected chi connectivity index (χ2v) is 10.4. The molecule has 13 nitrogen and oxygen atoms in total. The van der Waals surface area contributed by atoms with Gasteiger partial charge in [0.25, 0.3) is 5.95 Å². The zero-order valence-electron chi connectivity index (χ0n) is 24.0. The van der Waals surface area contributed by atoms with Gasteiger partial charge in [-0.15, -0.1) is 11.8 Å². The molecule has 0 aliphatic carbocycles. The SMILES string of the molecule is COc1ccc(-c2cc(SC)n(-c3nc(NCCN4CCOCC4)nc(NCCN4CCOCC4)n3)n2)cc1OC. The van der Waals surface area contributed by atoms with Gasteiger partial charge >= 0.3 is 0 Å². The predicted molar refractivity (Wildman–Crippen MR) is 159 cm³/mol. The average Bonchev–Trinajstić information content (AvgIpc) is 3.46. The first-order chi connectivity index (χ1) is 20.2. The molecule has 2 aliphatic heterocycles. The van der Waals surface area contributed by atoms with E-state index in [1.807, 2.05) is 30.5 Å². The van der Waals surface area contributed by atoms with E-state index in [9.17, 15) is 0 Å². The second kappa shape index (κ2) is 14.6. The quantitative estimate of drug-likeness (QED) is 0.284. The zero-order valence-corrected chi connectivity index (χ0v) is 24.8. The van der Waals surface area contributed by atoms with E-state index in [-0.39, 0.29) is 0 Å². The molecular weight excluding hydrogens is 546 g/mol. The molecule has 222 valence electrons. The van der Waals surface area contributed by atoms with Crippen LogP contribution in [0.3, 0.4) is 0 Å². The van der Waals surface area contributed by atoms with E-state index in [0.717, 1.165) is 82.0 Å². The monoisotopic (exact) mass is 585 g/mol. The molecular formula is C27H39N9O4S. The molecule has 4 heterocycles. The van der Waals surface area contributed by atoms with Crippen LogP contribution in [0.4, 0.5) is 11.9 Å². The summed E-state index contributed by atoms with van der Waals surface area (Å²) >= 11 is 1.57. The molecule has 2 aliphatic rings. The molecule has 41 heavy (non-hydrogen) atoms. The summed E-state index contributed by atoms with van der Waals surface area (Å²) in [6.45, 7) is 9.99. The zero-order chi connectivity index (χ0) is 28.4. The summed E-state index contributed by atoms with van der Waals surface area (Å²) in [6.07, 6.45) is 2.01. The summed E-state index contributed by atoms with van der Waals surface area (Å²) in [4.78, 5) is 18.9. The number of anilines is 2. The van der Waals surface area contributed by atoms with E-state index in [0.29, 0.717) is 42.4 Å². The van der Waals surface area contributed by atoms with Crippen molar-refractivity contribution < 1.29 is 18.9 Å². The first kappa shape index (κ1) is 29.3. The Hall–Kier alpha value is -3.17. The maximum atomic E-state index is 5.51. The number of ether oxygens (including phenoxy) is 4. The van der Waals surface area contributed by atoms with Crippen LogP contribution in [0.2, 0.25) is 0 Å². The third-order valence-corrected chi connectivity index (χ3v) is 7.72. The number of rotatable bonds is 13. The van der Waals surface area contributed by atoms with Crippen LogP contribution in [0, 0.1) is 0 Å². The van der Waals surface area contributed by atoms with Gasteiger partial charge in [0.1, 0.15) is 5.03 Å². The number of thioether (sulfide) groups is 1. The van der Waals surface area contributed by atoms with Crippen molar-refractivity contribution in [2.75, 3.05) is 110 Å². The number of hydrogen-bond acceptors (Lipinski definition) is 13. The van der Waals surface area contributed by atoms with Crippen molar-refractivity contribution in [3.8, 4) is 28.7 Å². The Morgan fingerprint density at radius 2 is 1.39 bits per heavy atom. The highest BCUT2D eigenvalue weighted by Crippen LogP contribution is 2.33. The average molecular weight is 586 g/mol. The molecule has 0 bridgehead atoms. The molecule has 1 aromatic carbocycles. The highest BCUT2D eigenvalue weighted by Gasteiger charge is 2.18. The molecule has 0 unspecified atom stereocenters. The number of benzene rings is 1. The first-order valence-corrected chi connectivity index (χ1v) is 15.1. The fourth-order valence-electron chi connectivity index (χ4n) is 4.71. The summed E-state index contributed by atoms with van der Waals surface area (Å²) in [5.74, 6) is 2.77. The standard InChI is InChI=1S/C27H39N9O4S/c1-37-22-5-4-20(18-23(22)38-2)21-19-24(41-3)36(33-21)27-31-25(28-6-8-34-10-14-39-15-11-34)30-26(32-27)29-7-9-35-12-16-40-17-13-35/h4-5,18-19H,6-17H2,1-3H3,(H2,28,29,30,31,32). The summed E-state index contributed by atoms with van der Waals surface area (Å²) in [7, 11) is 3.25. The molecule has 0 amide bonds. The molecule has 5 rings (SSSR count). The first-order valence-electron chi connectivity index (χ1n) is 13.9. The summed E-state index contributed by atoms with van der Waals surface area (Å²) < 4.78 is 23.6. The van der Waals surface area contributed by atoms with Crippen LogP contribution >= 0.6 is 11.8 Å². The molecule has 2 N–H and O–H groups in total. The topological polar surface area (TPSA) is 124 Å². The summed E-state index contributed by atoms with van der Waals surface area (Å²) in [6, 6.07) is 7.78. The van der Waals surface area contributed by atoms with E-state index in [4.69, 9.17) is 34.0 Å². The number of aromatic nitrogens is 5. The normalized spacial score (nSPS) is 16.5. The minimum atomic E-state index is 0.443. The van der Waals surface area contributed by atoms with Gasteiger partial charge in [-0.1, -0.05) is 0 Å². The van der Waals surface area contributed by atoms with Crippen LogP contribution in [0.5, 0.6) is 11.5 Å². The van der Waals surface area contributed by atoms with Crippen molar-refractivity contribution in [3.05, 3.63) is 24.3 Å². The lowest BCUT2D eigenvalue weighted by Gasteiger charge is -2.26. The number of hydrogen-bond donors (Lipinski definition) is 2. The predicted octanol–water partition coefficient (Wildman–Crippen LogP) is 1.95. The van der Waals surface area contributed by atoms with Gasteiger partial charge in [0.05, 0.1) is 46.3 Å². The van der Waals surface area contributed by atoms with Crippen molar-refractivity contribution in [3.63, 3.8) is 0 Å². The Kier molecular flexibility index (Phi) is 10.5.